The molecule has 0 unspecified atom stereocenters. The number of hydrogen-bond acceptors (Lipinski definition) is 3. The van der Waals surface area contributed by atoms with Gasteiger partial charge in [-0.1, -0.05) is 41.9 Å². The van der Waals surface area contributed by atoms with Gasteiger partial charge in [-0.05, 0) is 30.2 Å². The molecule has 0 aliphatic carbocycles. The van der Waals surface area contributed by atoms with Crippen molar-refractivity contribution in [2.45, 2.75) is 18.9 Å². The molecule has 2 aromatic rings. The first kappa shape index (κ1) is 18.3. The molecule has 2 amide bonds. The summed E-state index contributed by atoms with van der Waals surface area (Å²) in [6.07, 6.45) is 0.849. The Morgan fingerprint density at radius 2 is 1.96 bits per heavy atom. The van der Waals surface area contributed by atoms with Crippen molar-refractivity contribution in [3.8, 4) is 5.75 Å². The summed E-state index contributed by atoms with van der Waals surface area (Å²) in [5, 5.41) is 3.43. The highest BCUT2D eigenvalue weighted by Gasteiger charge is 2.38. The number of halogens is 1. The van der Waals surface area contributed by atoms with E-state index in [0.29, 0.717) is 29.3 Å². The van der Waals surface area contributed by atoms with Crippen molar-refractivity contribution < 1.29 is 14.3 Å². The molecule has 1 saturated heterocycles. The Morgan fingerprint density at radius 1 is 1.23 bits per heavy atom. The number of piperidine rings is 1. The third kappa shape index (κ3) is 3.68. The number of likely N-dealkylation sites (tertiary alicyclic amines) is 1. The van der Waals surface area contributed by atoms with Crippen LogP contribution in [0.5, 0.6) is 5.75 Å². The van der Waals surface area contributed by atoms with E-state index in [9.17, 15) is 9.59 Å². The normalized spacial score (nSPS) is 20.0. The Kier molecular flexibility index (Phi) is 5.47. The minimum atomic E-state index is -0.358. The molecule has 136 valence electrons. The van der Waals surface area contributed by atoms with E-state index in [-0.39, 0.29) is 23.8 Å². The number of amides is 2. The van der Waals surface area contributed by atoms with Crippen LogP contribution >= 0.6 is 11.6 Å². The van der Waals surface area contributed by atoms with Crippen molar-refractivity contribution in [1.82, 2.24) is 4.90 Å². The zero-order valence-electron chi connectivity index (χ0n) is 14.7. The topological polar surface area (TPSA) is 58.6 Å². The van der Waals surface area contributed by atoms with Crippen LogP contribution in [0.4, 0.5) is 5.69 Å². The summed E-state index contributed by atoms with van der Waals surface area (Å²) in [5.74, 6) is 0.0741. The van der Waals surface area contributed by atoms with Crippen LogP contribution in [0, 0.1) is 5.92 Å². The second-order valence-corrected chi connectivity index (χ2v) is 6.78. The van der Waals surface area contributed by atoms with E-state index in [1.165, 1.54) is 0 Å². The molecule has 0 bridgehead atoms. The number of anilines is 1. The van der Waals surface area contributed by atoms with Crippen molar-refractivity contribution in [2.24, 2.45) is 5.92 Å². The first-order chi connectivity index (χ1) is 12.5. The summed E-state index contributed by atoms with van der Waals surface area (Å²) < 4.78 is 5.30. The zero-order chi connectivity index (χ0) is 18.7. The van der Waals surface area contributed by atoms with Gasteiger partial charge >= 0.3 is 0 Å². The molecule has 1 aliphatic heterocycles. The molecule has 3 rings (SSSR count). The minimum Gasteiger partial charge on any atom is -0.495 e. The first-order valence-corrected chi connectivity index (χ1v) is 8.84. The van der Waals surface area contributed by atoms with Crippen LogP contribution in [0.25, 0.3) is 0 Å². The molecule has 0 saturated carbocycles. The average molecular weight is 373 g/mol. The van der Waals surface area contributed by atoms with Gasteiger partial charge in [0, 0.05) is 18.5 Å². The van der Waals surface area contributed by atoms with E-state index in [1.807, 2.05) is 30.3 Å². The Morgan fingerprint density at radius 3 is 2.65 bits per heavy atom. The molecule has 1 heterocycles. The molecule has 0 spiro atoms. The molecule has 1 N–H and O–H groups in total. The number of benzene rings is 2. The van der Waals surface area contributed by atoms with Gasteiger partial charge in [-0.15, -0.1) is 0 Å². The van der Waals surface area contributed by atoms with Crippen molar-refractivity contribution in [2.75, 3.05) is 19.5 Å². The van der Waals surface area contributed by atoms with E-state index in [2.05, 4.69) is 5.32 Å². The van der Waals surface area contributed by atoms with Crippen LogP contribution < -0.4 is 10.1 Å². The highest BCUT2D eigenvalue weighted by molar-refractivity contribution is 6.31. The smallest absolute Gasteiger partial charge is 0.230 e. The molecule has 6 heteroatoms. The Labute approximate surface area is 157 Å². The van der Waals surface area contributed by atoms with Crippen LogP contribution in [0.2, 0.25) is 5.02 Å². The highest BCUT2D eigenvalue weighted by atomic mass is 35.5. The van der Waals surface area contributed by atoms with Gasteiger partial charge in [0.15, 0.2) is 0 Å². The maximum absolute atomic E-state index is 13.0. The van der Waals surface area contributed by atoms with Gasteiger partial charge in [0.2, 0.25) is 11.8 Å². The summed E-state index contributed by atoms with van der Waals surface area (Å²) in [4.78, 5) is 26.9. The SMILES string of the molecule is COc1ccc(Cl)cc1NC(=O)[C@@H]1CCC(=O)N(C)[C@H]1c1ccccc1. The molecule has 1 aliphatic rings. The average Bonchev–Trinajstić information content (AvgIpc) is 2.64. The quantitative estimate of drug-likeness (QED) is 0.885. The van der Waals surface area contributed by atoms with Crippen LogP contribution in [0.3, 0.4) is 0 Å². The first-order valence-electron chi connectivity index (χ1n) is 8.46. The lowest BCUT2D eigenvalue weighted by molar-refractivity contribution is -0.140. The number of nitrogens with one attached hydrogen (secondary N) is 1. The van der Waals surface area contributed by atoms with Crippen molar-refractivity contribution in [1.29, 1.82) is 0 Å². The van der Waals surface area contributed by atoms with Gasteiger partial charge in [-0.3, -0.25) is 9.59 Å². The highest BCUT2D eigenvalue weighted by Crippen LogP contribution is 2.37. The minimum absolute atomic E-state index is 0.0447. The van der Waals surface area contributed by atoms with E-state index < -0.39 is 0 Å². The summed E-state index contributed by atoms with van der Waals surface area (Å²) in [7, 11) is 3.29. The van der Waals surface area contributed by atoms with Crippen molar-refractivity contribution in [3.63, 3.8) is 0 Å². The van der Waals surface area contributed by atoms with Gasteiger partial charge in [0.25, 0.3) is 0 Å². The lowest BCUT2D eigenvalue weighted by atomic mass is 9.84. The number of carbonyl (C=O) groups is 2. The van der Waals surface area contributed by atoms with Crippen LogP contribution in [-0.2, 0) is 9.59 Å². The lowest BCUT2D eigenvalue weighted by Gasteiger charge is -2.38. The fourth-order valence-corrected chi connectivity index (χ4v) is 3.59. The van der Waals surface area contributed by atoms with Gasteiger partial charge in [-0.2, -0.15) is 0 Å². The number of nitrogens with zero attached hydrogens (tertiary/aromatic N) is 1. The Balaban J connectivity index is 1.89. The van der Waals surface area contributed by atoms with Crippen LogP contribution in [0.1, 0.15) is 24.4 Å². The van der Waals surface area contributed by atoms with E-state index in [4.69, 9.17) is 16.3 Å². The Bertz CT molecular complexity index is 810. The summed E-state index contributed by atoms with van der Waals surface area (Å²) in [6.45, 7) is 0. The van der Waals surface area contributed by atoms with Gasteiger partial charge in [0.1, 0.15) is 5.75 Å². The fraction of sp³-hybridized carbons (Fsp3) is 0.300. The van der Waals surface area contributed by atoms with E-state index in [0.717, 1.165) is 5.56 Å². The van der Waals surface area contributed by atoms with Gasteiger partial charge < -0.3 is 15.0 Å². The maximum Gasteiger partial charge on any atom is 0.230 e. The maximum atomic E-state index is 13.0. The van der Waals surface area contributed by atoms with Crippen molar-refractivity contribution in [3.05, 3.63) is 59.1 Å². The largest absolute Gasteiger partial charge is 0.495 e. The summed E-state index contributed by atoms with van der Waals surface area (Å²) >= 11 is 6.05. The van der Waals surface area contributed by atoms with Crippen LogP contribution in [-0.4, -0.2) is 30.9 Å². The molecule has 5 nitrogen and oxygen atoms in total. The standard InChI is InChI=1S/C20H21ClN2O3/c1-23-18(24)11-9-15(19(23)13-6-4-3-5-7-13)20(25)22-16-12-14(21)8-10-17(16)26-2/h3-8,10,12,15,19H,9,11H2,1-2H3,(H,22,25)/t15-,19+/m1/s1. The number of hydrogen-bond donors (Lipinski definition) is 1. The number of rotatable bonds is 4. The third-order valence-corrected chi connectivity index (χ3v) is 4.99. The summed E-state index contributed by atoms with van der Waals surface area (Å²) in [6, 6.07) is 14.4. The van der Waals surface area contributed by atoms with Gasteiger partial charge in [0.05, 0.1) is 24.8 Å². The molecule has 2 atom stereocenters. The second-order valence-electron chi connectivity index (χ2n) is 6.34. The van der Waals surface area contributed by atoms with Crippen LogP contribution in [0.15, 0.2) is 48.5 Å². The summed E-state index contributed by atoms with van der Waals surface area (Å²) in [5.41, 5.74) is 1.47. The number of carbonyl (C=O) groups excluding carboxylic acids is 2. The molecule has 0 aromatic heterocycles. The monoisotopic (exact) mass is 372 g/mol. The third-order valence-electron chi connectivity index (χ3n) is 4.76. The molecular formula is C20H21ClN2O3. The van der Waals surface area contributed by atoms with E-state index in [1.54, 1.807) is 37.3 Å². The zero-order valence-corrected chi connectivity index (χ0v) is 15.5. The molecule has 2 aromatic carbocycles. The van der Waals surface area contributed by atoms with Gasteiger partial charge in [-0.25, -0.2) is 0 Å². The van der Waals surface area contributed by atoms with E-state index >= 15 is 0 Å². The predicted octanol–water partition coefficient (Wildman–Crippen LogP) is 3.90. The fourth-order valence-electron chi connectivity index (χ4n) is 3.42. The molecule has 1 fully saturated rings. The molecular weight excluding hydrogens is 352 g/mol. The number of ether oxygens (including phenoxy) is 1. The lowest BCUT2D eigenvalue weighted by Crippen LogP contribution is -2.44. The Hall–Kier alpha value is -2.53. The number of methoxy groups -OCH3 is 1. The second kappa shape index (κ2) is 7.79. The van der Waals surface area contributed by atoms with Crippen molar-refractivity contribution >= 4 is 29.1 Å². The predicted molar refractivity (Wildman–Crippen MR) is 101 cm³/mol. The molecule has 0 radical (unpaired) electrons. The molecule has 26 heavy (non-hydrogen) atoms.